The van der Waals surface area contributed by atoms with Crippen LogP contribution in [0.2, 0.25) is 5.02 Å². The van der Waals surface area contributed by atoms with E-state index in [1.807, 2.05) is 6.07 Å². The van der Waals surface area contributed by atoms with Crippen molar-refractivity contribution in [2.45, 2.75) is 32.2 Å². The molecule has 0 aliphatic carbocycles. The topological polar surface area (TPSA) is 32.5 Å². The van der Waals surface area contributed by atoms with Crippen LogP contribution in [-0.4, -0.2) is 44.2 Å². The summed E-state index contributed by atoms with van der Waals surface area (Å²) in [6.07, 6.45) is 3.35. The summed E-state index contributed by atoms with van der Waals surface area (Å²) < 4.78 is 0. The summed E-state index contributed by atoms with van der Waals surface area (Å²) in [5.41, 5.74) is 8.28. The summed E-state index contributed by atoms with van der Waals surface area (Å²) in [5.74, 6) is 0. The fraction of sp³-hybridized carbons (Fsp3) is 0.625. The third-order valence-corrected chi connectivity index (χ3v) is 4.62. The Morgan fingerprint density at radius 1 is 1.35 bits per heavy atom. The molecule has 112 valence electrons. The van der Waals surface area contributed by atoms with Gasteiger partial charge in [0, 0.05) is 36.9 Å². The molecule has 0 amide bonds. The van der Waals surface area contributed by atoms with E-state index in [4.69, 9.17) is 17.3 Å². The molecule has 20 heavy (non-hydrogen) atoms. The van der Waals surface area contributed by atoms with Gasteiger partial charge in [0.2, 0.25) is 0 Å². The molecule has 1 saturated heterocycles. The molecule has 2 rings (SSSR count). The molecule has 1 fully saturated rings. The lowest BCUT2D eigenvalue weighted by atomic mass is 10.0. The third kappa shape index (κ3) is 3.66. The van der Waals surface area contributed by atoms with Crippen LogP contribution in [-0.2, 0) is 6.42 Å². The Morgan fingerprint density at radius 2 is 2.05 bits per heavy atom. The summed E-state index contributed by atoms with van der Waals surface area (Å²) in [7, 11) is 2.20. The van der Waals surface area contributed by atoms with E-state index in [1.54, 1.807) is 0 Å². The van der Waals surface area contributed by atoms with Crippen molar-refractivity contribution in [3.63, 3.8) is 0 Å². The van der Waals surface area contributed by atoms with Crippen molar-refractivity contribution in [3.8, 4) is 0 Å². The van der Waals surface area contributed by atoms with Gasteiger partial charge in [-0.15, -0.1) is 0 Å². The van der Waals surface area contributed by atoms with Crippen LogP contribution in [0.5, 0.6) is 0 Å². The highest BCUT2D eigenvalue weighted by Gasteiger charge is 2.23. The molecule has 1 aliphatic rings. The number of halogens is 1. The second-order valence-electron chi connectivity index (χ2n) is 5.59. The third-order valence-electron chi connectivity index (χ3n) is 4.39. The standard InChI is InChI=1S/C16H26ClN3/c1-3-20-10-7-15(8-11-20)19(2)16-5-4-14(17)12-13(16)6-9-18/h4-5,12,15H,3,6-11,18H2,1-2H3. The lowest BCUT2D eigenvalue weighted by Gasteiger charge is -2.38. The highest BCUT2D eigenvalue weighted by atomic mass is 35.5. The van der Waals surface area contributed by atoms with E-state index in [0.717, 1.165) is 18.0 Å². The zero-order chi connectivity index (χ0) is 14.5. The predicted molar refractivity (Wildman–Crippen MR) is 87.7 cm³/mol. The largest absolute Gasteiger partial charge is 0.371 e. The molecule has 1 aromatic rings. The Bertz CT molecular complexity index is 428. The molecule has 0 spiro atoms. The van der Waals surface area contributed by atoms with E-state index in [-0.39, 0.29) is 0 Å². The SMILES string of the molecule is CCN1CCC(N(C)c2ccc(Cl)cc2CCN)CC1. The number of nitrogens with zero attached hydrogens (tertiary/aromatic N) is 2. The number of nitrogens with two attached hydrogens (primary N) is 1. The Labute approximate surface area is 127 Å². The van der Waals surface area contributed by atoms with E-state index in [0.29, 0.717) is 12.6 Å². The average Bonchev–Trinajstić information content (AvgIpc) is 2.47. The van der Waals surface area contributed by atoms with Crippen LogP contribution >= 0.6 is 11.6 Å². The first-order valence-electron chi connectivity index (χ1n) is 7.59. The van der Waals surface area contributed by atoms with Gasteiger partial charge in [-0.2, -0.15) is 0 Å². The molecule has 0 radical (unpaired) electrons. The molecular formula is C16H26ClN3. The van der Waals surface area contributed by atoms with Crippen LogP contribution in [0.15, 0.2) is 18.2 Å². The fourth-order valence-corrected chi connectivity index (χ4v) is 3.27. The minimum atomic E-state index is 0.621. The van der Waals surface area contributed by atoms with Gasteiger partial charge in [0.05, 0.1) is 0 Å². The Morgan fingerprint density at radius 3 is 2.65 bits per heavy atom. The second kappa shape index (κ2) is 7.30. The summed E-state index contributed by atoms with van der Waals surface area (Å²) in [5, 5.41) is 0.798. The van der Waals surface area contributed by atoms with Crippen molar-refractivity contribution in [2.24, 2.45) is 5.73 Å². The van der Waals surface area contributed by atoms with Crippen molar-refractivity contribution in [1.29, 1.82) is 0 Å². The second-order valence-corrected chi connectivity index (χ2v) is 6.02. The number of anilines is 1. The smallest absolute Gasteiger partial charge is 0.0410 e. The molecule has 3 nitrogen and oxygen atoms in total. The predicted octanol–water partition coefficient (Wildman–Crippen LogP) is 2.76. The molecule has 1 aromatic carbocycles. The van der Waals surface area contributed by atoms with Gasteiger partial charge in [-0.3, -0.25) is 0 Å². The van der Waals surface area contributed by atoms with Crippen LogP contribution in [0.1, 0.15) is 25.3 Å². The van der Waals surface area contributed by atoms with E-state index >= 15 is 0 Å². The summed E-state index contributed by atoms with van der Waals surface area (Å²) in [6.45, 7) is 6.46. The molecule has 1 heterocycles. The normalized spacial score (nSPS) is 17.4. The van der Waals surface area contributed by atoms with Crippen molar-refractivity contribution >= 4 is 17.3 Å². The Kier molecular flexibility index (Phi) is 5.70. The highest BCUT2D eigenvalue weighted by molar-refractivity contribution is 6.30. The number of hydrogen-bond acceptors (Lipinski definition) is 3. The lowest BCUT2D eigenvalue weighted by Crippen LogP contribution is -2.43. The van der Waals surface area contributed by atoms with Crippen LogP contribution in [0.25, 0.3) is 0 Å². The van der Waals surface area contributed by atoms with E-state index < -0.39 is 0 Å². The molecule has 2 N–H and O–H groups in total. The molecule has 0 bridgehead atoms. The maximum Gasteiger partial charge on any atom is 0.0410 e. The minimum absolute atomic E-state index is 0.621. The molecule has 0 saturated carbocycles. The van der Waals surface area contributed by atoms with E-state index in [2.05, 4.69) is 35.9 Å². The highest BCUT2D eigenvalue weighted by Crippen LogP contribution is 2.28. The number of benzene rings is 1. The first kappa shape index (κ1) is 15.6. The zero-order valence-electron chi connectivity index (χ0n) is 12.6. The van der Waals surface area contributed by atoms with E-state index in [9.17, 15) is 0 Å². The number of likely N-dealkylation sites (tertiary alicyclic amines) is 1. The van der Waals surface area contributed by atoms with Gasteiger partial charge in [0.15, 0.2) is 0 Å². The summed E-state index contributed by atoms with van der Waals surface area (Å²) in [4.78, 5) is 4.95. The van der Waals surface area contributed by atoms with Crippen molar-refractivity contribution in [1.82, 2.24) is 4.90 Å². The molecule has 0 aromatic heterocycles. The average molecular weight is 296 g/mol. The maximum absolute atomic E-state index is 6.11. The van der Waals surface area contributed by atoms with Crippen molar-refractivity contribution in [2.75, 3.05) is 38.1 Å². The lowest BCUT2D eigenvalue weighted by molar-refractivity contribution is 0.221. The maximum atomic E-state index is 6.11. The molecular weight excluding hydrogens is 270 g/mol. The summed E-state index contributed by atoms with van der Waals surface area (Å²) in [6, 6.07) is 6.80. The van der Waals surface area contributed by atoms with Gasteiger partial charge in [-0.1, -0.05) is 18.5 Å². The Hall–Kier alpha value is -0.770. The molecule has 0 atom stereocenters. The zero-order valence-corrected chi connectivity index (χ0v) is 13.4. The van der Waals surface area contributed by atoms with Crippen LogP contribution < -0.4 is 10.6 Å². The molecule has 1 aliphatic heterocycles. The van der Waals surface area contributed by atoms with Crippen LogP contribution in [0.3, 0.4) is 0 Å². The first-order valence-corrected chi connectivity index (χ1v) is 7.97. The van der Waals surface area contributed by atoms with Gasteiger partial charge in [0.25, 0.3) is 0 Å². The first-order chi connectivity index (χ1) is 9.65. The van der Waals surface area contributed by atoms with Gasteiger partial charge in [-0.05, 0) is 56.1 Å². The quantitative estimate of drug-likeness (QED) is 0.907. The van der Waals surface area contributed by atoms with Gasteiger partial charge in [-0.25, -0.2) is 0 Å². The van der Waals surface area contributed by atoms with Crippen molar-refractivity contribution in [3.05, 3.63) is 28.8 Å². The fourth-order valence-electron chi connectivity index (χ4n) is 3.07. The minimum Gasteiger partial charge on any atom is -0.371 e. The van der Waals surface area contributed by atoms with Crippen LogP contribution in [0.4, 0.5) is 5.69 Å². The number of hydrogen-bond donors (Lipinski definition) is 1. The Balaban J connectivity index is 2.10. The van der Waals surface area contributed by atoms with Crippen molar-refractivity contribution < 1.29 is 0 Å². The van der Waals surface area contributed by atoms with E-state index in [1.165, 1.54) is 37.2 Å². The van der Waals surface area contributed by atoms with Gasteiger partial charge >= 0.3 is 0 Å². The monoisotopic (exact) mass is 295 g/mol. The number of piperidine rings is 1. The van der Waals surface area contributed by atoms with Gasteiger partial charge in [0.1, 0.15) is 0 Å². The summed E-state index contributed by atoms with van der Waals surface area (Å²) >= 11 is 6.11. The van der Waals surface area contributed by atoms with Crippen LogP contribution in [0, 0.1) is 0 Å². The number of rotatable bonds is 5. The molecule has 0 unspecified atom stereocenters. The molecule has 4 heteroatoms. The van der Waals surface area contributed by atoms with Gasteiger partial charge < -0.3 is 15.5 Å².